The zero-order chi connectivity index (χ0) is 39.4. The second-order valence-corrected chi connectivity index (χ2v) is 15.0. The molecule has 0 bridgehead atoms. The van der Waals surface area contributed by atoms with Gasteiger partial charge in [-0.05, 0) is 67.3 Å². The van der Waals surface area contributed by atoms with E-state index in [1.54, 1.807) is 18.2 Å². The van der Waals surface area contributed by atoms with Crippen molar-refractivity contribution in [2.45, 2.75) is 46.8 Å². The van der Waals surface area contributed by atoms with Gasteiger partial charge in [0.25, 0.3) is 0 Å². The summed E-state index contributed by atoms with van der Waals surface area (Å²) in [5.41, 5.74) is 6.96. The number of para-hydroxylation sites is 4. The number of allylic oxidation sites excluding steroid dienone is 3. The number of hydrogen-bond acceptors (Lipinski definition) is 6. The molecule has 7 nitrogen and oxygen atoms in total. The molecule has 0 amide bonds. The van der Waals surface area contributed by atoms with Crippen molar-refractivity contribution in [1.29, 1.82) is 0 Å². The molecule has 56 heavy (non-hydrogen) atoms. The third-order valence-corrected chi connectivity index (χ3v) is 10.8. The second-order valence-electron chi connectivity index (χ2n) is 15.0. The maximum Gasteiger partial charge on any atom is 0.338 e. The molecule has 7 rings (SSSR count). The van der Waals surface area contributed by atoms with Crippen molar-refractivity contribution >= 4 is 34.7 Å². The highest BCUT2D eigenvalue weighted by Gasteiger charge is 2.37. The first-order valence-electron chi connectivity index (χ1n) is 19.3. The van der Waals surface area contributed by atoms with Gasteiger partial charge in [0.15, 0.2) is 0 Å². The number of hydroxylamine groups is 1. The molecule has 6 atom stereocenters. The molecule has 3 aliphatic carbocycles. The summed E-state index contributed by atoms with van der Waals surface area (Å²) in [5, 5.41) is 14.8. The molecule has 7 heteroatoms. The van der Waals surface area contributed by atoms with E-state index in [-0.39, 0.29) is 23.7 Å². The van der Waals surface area contributed by atoms with Crippen LogP contribution in [-0.2, 0) is 19.1 Å². The summed E-state index contributed by atoms with van der Waals surface area (Å²) in [7, 11) is 0. The Balaban J connectivity index is 1.01. The van der Waals surface area contributed by atoms with Crippen LogP contribution in [0.2, 0.25) is 0 Å². The van der Waals surface area contributed by atoms with Gasteiger partial charge in [-0.25, -0.2) is 4.79 Å². The molecule has 0 heterocycles. The van der Waals surface area contributed by atoms with Gasteiger partial charge in [-0.3, -0.25) is 9.44 Å². The van der Waals surface area contributed by atoms with E-state index >= 15 is 0 Å². The molecular formula is C49H48N2O5. The van der Waals surface area contributed by atoms with Crippen LogP contribution in [0.15, 0.2) is 192 Å². The normalized spacial score (nSPS) is 23.4. The fourth-order valence-electron chi connectivity index (χ4n) is 7.97. The van der Waals surface area contributed by atoms with E-state index in [1.165, 1.54) is 0 Å². The molecule has 6 unspecified atom stereocenters. The molecule has 4 aromatic carbocycles. The third kappa shape index (κ3) is 7.74. The monoisotopic (exact) mass is 744 g/mol. The van der Waals surface area contributed by atoms with Gasteiger partial charge in [-0.2, -0.15) is 0 Å². The zero-order valence-corrected chi connectivity index (χ0v) is 32.5. The topological polar surface area (TPSA) is 78.9 Å². The summed E-state index contributed by atoms with van der Waals surface area (Å²) >= 11 is 0. The average Bonchev–Trinajstić information content (AvgIpc) is 3.21. The molecule has 0 radical (unpaired) electrons. The molecule has 4 aromatic rings. The Morgan fingerprint density at radius 3 is 1.59 bits per heavy atom. The summed E-state index contributed by atoms with van der Waals surface area (Å²) < 4.78 is 11.5. The van der Waals surface area contributed by atoms with Crippen LogP contribution in [0.3, 0.4) is 0 Å². The lowest BCUT2D eigenvalue weighted by atomic mass is 9.86. The standard InChI is InChI=1S/C49H48N2O5/c1-33-28-38(48(52)55-46-34(2)29-41(30-35(46)3)50(39-18-10-6-11-19-39)40-20-12-7-13-21-40)26-27-45(33)49(53)56-47-36(4)31-44(32-37(47)5)51(54,42-22-14-8-15-23-42)43-24-16-9-17-25-43/h6-34,36,45-47H,1-5H3. The highest BCUT2D eigenvalue weighted by molar-refractivity contribution is 5.93. The quantitative estimate of drug-likeness (QED) is 0.0914. The summed E-state index contributed by atoms with van der Waals surface area (Å²) in [6, 6.07) is 39.0. The molecule has 284 valence electrons. The van der Waals surface area contributed by atoms with E-state index < -0.39 is 28.7 Å². The van der Waals surface area contributed by atoms with Crippen LogP contribution in [0.1, 0.15) is 34.6 Å². The number of carbonyl (C=O) groups excluding carboxylic acids is 2. The number of rotatable bonds is 10. The van der Waals surface area contributed by atoms with E-state index in [1.807, 2.05) is 137 Å². The number of anilines is 2. The largest absolute Gasteiger partial charge is 0.616 e. The van der Waals surface area contributed by atoms with E-state index in [9.17, 15) is 14.8 Å². The van der Waals surface area contributed by atoms with Crippen LogP contribution in [0.25, 0.3) is 0 Å². The smallest absolute Gasteiger partial charge is 0.338 e. The highest BCUT2D eigenvalue weighted by Crippen LogP contribution is 2.42. The van der Waals surface area contributed by atoms with Crippen LogP contribution in [0.5, 0.6) is 0 Å². The molecule has 0 spiro atoms. The second kappa shape index (κ2) is 16.4. The Bertz CT molecular complexity index is 2160. The van der Waals surface area contributed by atoms with Crippen molar-refractivity contribution in [1.82, 2.24) is 4.65 Å². The van der Waals surface area contributed by atoms with Crippen molar-refractivity contribution in [2.75, 3.05) is 4.90 Å². The SMILES string of the molecule is CC1=CC(N(c2ccccc2)c2ccccc2)=CC(C)C1OC(=O)C1=CC(C)C(C(=O)OC2C(C)=CC([N+]([O-])(c3ccccc3)c3ccccc3)=CC2C)C=C1. The average molecular weight is 745 g/mol. The van der Waals surface area contributed by atoms with Crippen molar-refractivity contribution in [3.05, 3.63) is 197 Å². The lowest BCUT2D eigenvalue weighted by Gasteiger charge is -2.44. The summed E-state index contributed by atoms with van der Waals surface area (Å²) in [6.07, 6.45) is 12.2. The first kappa shape index (κ1) is 38.3. The Hall–Kier alpha value is -6.02. The Kier molecular flexibility index (Phi) is 11.2. The number of nitrogens with zero attached hydrogens (tertiary/aromatic N) is 2. The lowest BCUT2D eigenvalue weighted by molar-refractivity contribution is -0.153. The fourth-order valence-corrected chi connectivity index (χ4v) is 7.97. The van der Waals surface area contributed by atoms with Crippen LogP contribution in [-0.4, -0.2) is 24.1 Å². The fraction of sp³-hybridized carbons (Fsp3) is 0.224. The number of esters is 2. The molecule has 0 saturated heterocycles. The molecule has 0 N–H and O–H groups in total. The van der Waals surface area contributed by atoms with E-state index in [0.717, 1.165) is 28.2 Å². The number of ether oxygens (including phenoxy) is 2. The summed E-state index contributed by atoms with van der Waals surface area (Å²) in [4.78, 5) is 29.5. The van der Waals surface area contributed by atoms with Crippen molar-refractivity contribution < 1.29 is 19.1 Å². The highest BCUT2D eigenvalue weighted by atomic mass is 16.6. The van der Waals surface area contributed by atoms with Gasteiger partial charge in [0.2, 0.25) is 0 Å². The minimum absolute atomic E-state index is 0.0866. The van der Waals surface area contributed by atoms with Crippen molar-refractivity contribution in [2.24, 2.45) is 23.7 Å². The number of carbonyl (C=O) groups is 2. The lowest BCUT2D eigenvalue weighted by Crippen LogP contribution is -2.40. The van der Waals surface area contributed by atoms with Gasteiger partial charge in [-0.1, -0.05) is 118 Å². The molecular weight excluding hydrogens is 697 g/mol. The first-order chi connectivity index (χ1) is 27.0. The van der Waals surface area contributed by atoms with Crippen LogP contribution >= 0.6 is 0 Å². The molecule has 0 fully saturated rings. The maximum absolute atomic E-state index is 14.8. The van der Waals surface area contributed by atoms with Crippen molar-refractivity contribution in [3.63, 3.8) is 0 Å². The summed E-state index contributed by atoms with van der Waals surface area (Å²) in [6.45, 7) is 9.82. The Morgan fingerprint density at radius 2 is 1.09 bits per heavy atom. The van der Waals surface area contributed by atoms with Gasteiger partial charge in [0.1, 0.15) is 29.3 Å². The minimum atomic E-state index is -0.762. The van der Waals surface area contributed by atoms with Crippen LogP contribution < -0.4 is 9.55 Å². The first-order valence-corrected chi connectivity index (χ1v) is 19.3. The summed E-state index contributed by atoms with van der Waals surface area (Å²) in [5.74, 6) is -2.04. The molecule has 0 aromatic heterocycles. The van der Waals surface area contributed by atoms with Gasteiger partial charge >= 0.3 is 11.9 Å². The van der Waals surface area contributed by atoms with Gasteiger partial charge in [0, 0.05) is 59.2 Å². The predicted octanol–water partition coefficient (Wildman–Crippen LogP) is 11.2. The van der Waals surface area contributed by atoms with E-state index in [0.29, 0.717) is 22.6 Å². The number of hydrogen-bond donors (Lipinski definition) is 0. The third-order valence-electron chi connectivity index (χ3n) is 10.8. The van der Waals surface area contributed by atoms with Crippen molar-refractivity contribution in [3.8, 4) is 0 Å². The molecule has 3 aliphatic rings. The van der Waals surface area contributed by atoms with E-state index in [2.05, 4.69) is 48.2 Å². The zero-order valence-electron chi connectivity index (χ0n) is 32.5. The van der Waals surface area contributed by atoms with Gasteiger partial charge in [-0.15, -0.1) is 0 Å². The minimum Gasteiger partial charge on any atom is -0.616 e. The number of quaternary nitrogens is 1. The molecule has 0 aliphatic heterocycles. The van der Waals surface area contributed by atoms with E-state index in [4.69, 9.17) is 9.47 Å². The maximum atomic E-state index is 14.8. The Morgan fingerprint density at radius 1 is 0.607 bits per heavy atom. The van der Waals surface area contributed by atoms with Crippen LogP contribution in [0.4, 0.5) is 22.7 Å². The van der Waals surface area contributed by atoms with Crippen LogP contribution in [0, 0.1) is 28.9 Å². The van der Waals surface area contributed by atoms with Gasteiger partial charge < -0.3 is 19.6 Å². The number of benzene rings is 4. The molecule has 0 saturated carbocycles. The predicted molar refractivity (Wildman–Crippen MR) is 224 cm³/mol. The Labute approximate surface area is 330 Å². The van der Waals surface area contributed by atoms with Gasteiger partial charge in [0.05, 0.1) is 11.5 Å².